The van der Waals surface area contributed by atoms with Crippen LogP contribution in [0.5, 0.6) is 5.75 Å². The predicted octanol–water partition coefficient (Wildman–Crippen LogP) is 5.23. The van der Waals surface area contributed by atoms with E-state index < -0.39 is 23.8 Å². The smallest absolute Gasteiger partial charge is 0.262 e. The molecule has 6 aliphatic rings. The second-order valence-electron chi connectivity index (χ2n) is 16.1. The molecule has 0 bridgehead atoms. The van der Waals surface area contributed by atoms with Gasteiger partial charge in [0, 0.05) is 69.0 Å². The fraction of sp³-hybridized carbons (Fsp3) is 0.442. The first-order valence-electron chi connectivity index (χ1n) is 19.8. The highest BCUT2D eigenvalue weighted by Gasteiger charge is 2.45. The predicted molar refractivity (Wildman–Crippen MR) is 206 cm³/mol. The van der Waals surface area contributed by atoms with Crippen LogP contribution in [0, 0.1) is 17.2 Å². The second-order valence-corrected chi connectivity index (χ2v) is 16.5. The monoisotopic (exact) mass is 774 g/mol. The van der Waals surface area contributed by atoms with Crippen LogP contribution < -0.4 is 15.0 Å². The Hall–Kier alpha value is -5.25. The molecule has 3 aromatic rings. The van der Waals surface area contributed by atoms with Gasteiger partial charge < -0.3 is 14.5 Å². The molecule has 5 heterocycles. The van der Waals surface area contributed by atoms with Crippen LogP contribution in [-0.2, 0) is 29.1 Å². The first kappa shape index (κ1) is 36.4. The minimum Gasteiger partial charge on any atom is -0.490 e. The number of nitriles is 1. The molecule has 5 amide bonds. The minimum absolute atomic E-state index is 0.0498. The lowest BCUT2D eigenvalue weighted by atomic mass is 9.91. The van der Waals surface area contributed by atoms with Crippen LogP contribution in [0.2, 0.25) is 5.02 Å². The number of benzene rings is 3. The SMILES string of the molecule is N#Cc1ccc(OC2CCC(N3Cc4cc(N5CCC(CN6CCc7cc8c(cc7C6)C(=O)N(C6CCC(=O)NC6=O)C8=O)CC5)ccc4C3=O)CC2)cc1Cl. The summed E-state index contributed by atoms with van der Waals surface area (Å²) in [6.07, 6.45) is 6.64. The number of nitrogens with one attached hydrogen (secondary N) is 1. The molecule has 0 spiro atoms. The molecule has 1 atom stereocenters. The van der Waals surface area contributed by atoms with Gasteiger partial charge in [-0.25, -0.2) is 0 Å². The Balaban J connectivity index is 0.766. The Labute approximate surface area is 330 Å². The number of ether oxygens (including phenoxy) is 1. The maximum absolute atomic E-state index is 13.5. The molecule has 1 N–H and O–H groups in total. The number of hydrogen-bond donors (Lipinski definition) is 1. The third-order valence-corrected chi connectivity index (χ3v) is 13.0. The van der Waals surface area contributed by atoms with E-state index in [4.69, 9.17) is 21.6 Å². The van der Waals surface area contributed by atoms with Crippen LogP contribution in [0.4, 0.5) is 5.69 Å². The molecule has 12 nitrogen and oxygen atoms in total. The van der Waals surface area contributed by atoms with Gasteiger partial charge in [-0.15, -0.1) is 0 Å². The molecule has 1 aliphatic carbocycles. The molecule has 2 saturated heterocycles. The molecule has 56 heavy (non-hydrogen) atoms. The summed E-state index contributed by atoms with van der Waals surface area (Å²) in [6.45, 7) is 5.07. The molecule has 0 aromatic heterocycles. The Bertz CT molecular complexity index is 2200. The van der Waals surface area contributed by atoms with E-state index in [1.165, 1.54) is 5.69 Å². The number of nitrogens with zero attached hydrogens (tertiary/aromatic N) is 5. The van der Waals surface area contributed by atoms with Crippen LogP contribution in [0.1, 0.15) is 105 Å². The number of anilines is 1. The first-order chi connectivity index (χ1) is 27.1. The van der Waals surface area contributed by atoms with Gasteiger partial charge in [0.25, 0.3) is 17.7 Å². The topological polar surface area (TPSA) is 143 Å². The number of piperidine rings is 2. The average molecular weight is 775 g/mol. The van der Waals surface area contributed by atoms with Gasteiger partial charge in [0.05, 0.1) is 27.8 Å². The molecule has 1 saturated carbocycles. The number of hydrogen-bond acceptors (Lipinski definition) is 9. The third-order valence-electron chi connectivity index (χ3n) is 12.7. The summed E-state index contributed by atoms with van der Waals surface area (Å²) in [5.74, 6) is -0.584. The van der Waals surface area contributed by atoms with Crippen molar-refractivity contribution in [3.63, 3.8) is 0 Å². The summed E-state index contributed by atoms with van der Waals surface area (Å²) in [5.41, 5.74) is 6.32. The standard InChI is InChI=1S/C43H43ClN6O6/c44-37-20-33(5-1-27(37)21-45)56-32-6-2-30(3-7-32)49-24-29-17-31(4-8-34(29)41(49)53)48-15-11-25(12-16-48)22-47-14-13-26-18-35-36(19-28(26)23-47)43(55)50(42(35)54)38-9-10-39(51)46-40(38)52/h1,4-5,8,17-20,25,30,32,38H,2-3,6-7,9-16,22-24H2,(H,46,51,52). The van der Waals surface area contributed by atoms with Gasteiger partial charge in [-0.2, -0.15) is 5.26 Å². The Morgan fingerprint density at radius 2 is 1.50 bits per heavy atom. The van der Waals surface area contributed by atoms with E-state index in [-0.39, 0.29) is 36.8 Å². The van der Waals surface area contributed by atoms with Gasteiger partial charge in [-0.1, -0.05) is 11.6 Å². The van der Waals surface area contributed by atoms with Gasteiger partial charge in [-0.05, 0) is 116 Å². The lowest BCUT2D eigenvalue weighted by Gasteiger charge is -2.37. The number of imide groups is 2. The zero-order chi connectivity index (χ0) is 38.7. The van der Waals surface area contributed by atoms with E-state index in [9.17, 15) is 24.0 Å². The summed E-state index contributed by atoms with van der Waals surface area (Å²) in [4.78, 5) is 72.4. The molecule has 3 aromatic carbocycles. The number of carbonyl (C=O) groups excluding carboxylic acids is 5. The van der Waals surface area contributed by atoms with E-state index >= 15 is 0 Å². The summed E-state index contributed by atoms with van der Waals surface area (Å²) in [6, 6.07) is 16.5. The minimum atomic E-state index is -0.964. The van der Waals surface area contributed by atoms with Crippen molar-refractivity contribution in [2.24, 2.45) is 5.92 Å². The van der Waals surface area contributed by atoms with Crippen molar-refractivity contribution >= 4 is 46.8 Å². The fourth-order valence-electron chi connectivity index (χ4n) is 9.63. The lowest BCUT2D eigenvalue weighted by molar-refractivity contribution is -0.136. The van der Waals surface area contributed by atoms with Crippen LogP contribution in [0.3, 0.4) is 0 Å². The van der Waals surface area contributed by atoms with Crippen molar-refractivity contribution in [1.82, 2.24) is 20.0 Å². The number of rotatable bonds is 7. The summed E-state index contributed by atoms with van der Waals surface area (Å²) >= 11 is 6.20. The van der Waals surface area contributed by atoms with Crippen molar-refractivity contribution in [3.05, 3.63) is 92.5 Å². The highest BCUT2D eigenvalue weighted by molar-refractivity contribution is 6.31. The van der Waals surface area contributed by atoms with Gasteiger partial charge >= 0.3 is 0 Å². The Morgan fingerprint density at radius 3 is 2.21 bits per heavy atom. The molecular weight excluding hydrogens is 732 g/mol. The summed E-state index contributed by atoms with van der Waals surface area (Å²) in [7, 11) is 0. The Kier molecular flexibility index (Phi) is 9.54. The van der Waals surface area contributed by atoms with E-state index in [0.29, 0.717) is 46.5 Å². The Morgan fingerprint density at radius 1 is 0.750 bits per heavy atom. The van der Waals surface area contributed by atoms with Crippen molar-refractivity contribution in [2.75, 3.05) is 31.1 Å². The molecule has 9 rings (SSSR count). The normalized spacial score (nSPS) is 24.2. The van der Waals surface area contributed by atoms with Crippen LogP contribution >= 0.6 is 11.6 Å². The first-order valence-corrected chi connectivity index (χ1v) is 20.2. The zero-order valence-corrected chi connectivity index (χ0v) is 31.9. The fourth-order valence-corrected chi connectivity index (χ4v) is 9.84. The third kappa shape index (κ3) is 6.71. The number of halogens is 1. The average Bonchev–Trinajstić information content (AvgIpc) is 3.65. The molecule has 288 valence electrons. The van der Waals surface area contributed by atoms with Gasteiger partial charge in [0.1, 0.15) is 17.9 Å². The molecule has 5 aliphatic heterocycles. The molecule has 0 radical (unpaired) electrons. The largest absolute Gasteiger partial charge is 0.490 e. The second kappa shape index (κ2) is 14.7. The zero-order valence-electron chi connectivity index (χ0n) is 31.1. The van der Waals surface area contributed by atoms with Crippen LogP contribution in [0.15, 0.2) is 48.5 Å². The highest BCUT2D eigenvalue weighted by atomic mass is 35.5. The van der Waals surface area contributed by atoms with Crippen molar-refractivity contribution in [2.45, 2.75) is 89.1 Å². The van der Waals surface area contributed by atoms with Gasteiger partial charge in [-0.3, -0.25) is 39.1 Å². The van der Waals surface area contributed by atoms with Gasteiger partial charge in [0.15, 0.2) is 0 Å². The number of fused-ring (bicyclic) bond motifs is 3. The van der Waals surface area contributed by atoms with E-state index in [2.05, 4.69) is 33.3 Å². The van der Waals surface area contributed by atoms with Crippen molar-refractivity contribution in [1.29, 1.82) is 5.26 Å². The van der Waals surface area contributed by atoms with Crippen LogP contribution in [-0.4, -0.2) is 88.6 Å². The maximum atomic E-state index is 13.5. The lowest BCUT2D eigenvalue weighted by Crippen LogP contribution is -2.54. The molecule has 3 fully saturated rings. The van der Waals surface area contributed by atoms with E-state index in [0.717, 1.165) is 98.3 Å². The molecule has 13 heteroatoms. The van der Waals surface area contributed by atoms with Crippen LogP contribution in [0.25, 0.3) is 0 Å². The summed E-state index contributed by atoms with van der Waals surface area (Å²) < 4.78 is 6.18. The highest BCUT2D eigenvalue weighted by Crippen LogP contribution is 2.37. The van der Waals surface area contributed by atoms with Crippen molar-refractivity contribution < 1.29 is 28.7 Å². The molecule has 1 unspecified atom stereocenters. The molecular formula is C43H43ClN6O6. The maximum Gasteiger partial charge on any atom is 0.262 e. The number of carbonyl (C=O) groups is 5. The van der Waals surface area contributed by atoms with E-state index in [1.807, 2.05) is 23.1 Å². The number of amides is 5. The summed E-state index contributed by atoms with van der Waals surface area (Å²) in [5, 5.41) is 11.8. The van der Waals surface area contributed by atoms with E-state index in [1.54, 1.807) is 18.2 Å². The van der Waals surface area contributed by atoms with Gasteiger partial charge in [0.2, 0.25) is 11.8 Å². The quantitative estimate of drug-likeness (QED) is 0.319. The van der Waals surface area contributed by atoms with Crippen molar-refractivity contribution in [3.8, 4) is 11.8 Å².